The molecule has 0 amide bonds. The highest BCUT2D eigenvalue weighted by molar-refractivity contribution is 5.81. The molecule has 0 aliphatic rings. The molecule has 2 heterocycles. The molecule has 2 aromatic heterocycles. The molecule has 0 atom stereocenters. The van der Waals surface area contributed by atoms with Crippen molar-refractivity contribution in [3.8, 4) is 0 Å². The number of aliphatic hydroxyl groups excluding tert-OH is 1. The molecule has 0 saturated heterocycles. The van der Waals surface area contributed by atoms with Crippen LogP contribution in [-0.4, -0.2) is 19.6 Å². The van der Waals surface area contributed by atoms with E-state index >= 15 is 0 Å². The van der Waals surface area contributed by atoms with Crippen LogP contribution in [0.1, 0.15) is 22.5 Å². The molecular formula is C22H22N4O. The predicted octanol–water partition coefficient (Wildman–Crippen LogP) is 3.89. The van der Waals surface area contributed by atoms with E-state index in [1.165, 1.54) is 11.1 Å². The smallest absolute Gasteiger partial charge is 0.132 e. The highest BCUT2D eigenvalue weighted by Gasteiger charge is 2.07. The van der Waals surface area contributed by atoms with Crippen LogP contribution in [0.2, 0.25) is 0 Å². The van der Waals surface area contributed by atoms with Crippen LogP contribution in [0.25, 0.3) is 10.9 Å². The zero-order chi connectivity index (χ0) is 18.6. The third kappa shape index (κ3) is 3.83. The largest absolute Gasteiger partial charge is 0.392 e. The topological polar surface area (TPSA) is 63.0 Å². The third-order valence-electron chi connectivity index (χ3n) is 4.70. The van der Waals surface area contributed by atoms with Crippen LogP contribution < -0.4 is 5.32 Å². The standard InChI is InChI=1S/C22H22N4O/c1-16-23-9-10-26(16)14-18-6-4-5-17(11-18)13-24-22-20(15-27)12-19-7-2-3-8-21(19)25-22/h2-12,27H,13-15H2,1H3,(H,24,25). The minimum atomic E-state index is -0.0416. The van der Waals surface area contributed by atoms with Crippen molar-refractivity contribution in [3.63, 3.8) is 0 Å². The molecule has 0 unspecified atom stereocenters. The first-order chi connectivity index (χ1) is 13.2. The van der Waals surface area contributed by atoms with E-state index in [9.17, 15) is 5.11 Å². The average Bonchev–Trinajstić information content (AvgIpc) is 3.10. The van der Waals surface area contributed by atoms with Crippen molar-refractivity contribution in [2.45, 2.75) is 26.6 Å². The highest BCUT2D eigenvalue weighted by atomic mass is 16.3. The van der Waals surface area contributed by atoms with Crippen LogP contribution in [0.4, 0.5) is 5.82 Å². The normalized spacial score (nSPS) is 11.0. The number of pyridine rings is 1. The van der Waals surface area contributed by atoms with E-state index in [0.717, 1.165) is 34.7 Å². The minimum absolute atomic E-state index is 0.0416. The zero-order valence-electron chi connectivity index (χ0n) is 15.3. The number of benzene rings is 2. The van der Waals surface area contributed by atoms with Crippen molar-refractivity contribution in [2.24, 2.45) is 0 Å². The Morgan fingerprint density at radius 3 is 2.70 bits per heavy atom. The molecule has 2 aromatic carbocycles. The Balaban J connectivity index is 1.52. The lowest BCUT2D eigenvalue weighted by Crippen LogP contribution is -2.06. The van der Waals surface area contributed by atoms with Gasteiger partial charge in [0.15, 0.2) is 0 Å². The number of aryl methyl sites for hydroxylation is 1. The van der Waals surface area contributed by atoms with E-state index in [2.05, 4.69) is 44.1 Å². The molecule has 0 bridgehead atoms. The Hall–Kier alpha value is -3.18. The molecule has 0 radical (unpaired) electrons. The Kier molecular flexibility index (Phi) is 4.85. The van der Waals surface area contributed by atoms with E-state index < -0.39 is 0 Å². The van der Waals surface area contributed by atoms with E-state index in [-0.39, 0.29) is 6.61 Å². The third-order valence-corrected chi connectivity index (χ3v) is 4.70. The molecule has 0 saturated carbocycles. The lowest BCUT2D eigenvalue weighted by atomic mass is 10.1. The van der Waals surface area contributed by atoms with Gasteiger partial charge in [-0.1, -0.05) is 42.5 Å². The SMILES string of the molecule is Cc1nccn1Cc1cccc(CNc2nc3ccccc3cc2CO)c1. The van der Waals surface area contributed by atoms with E-state index in [1.54, 1.807) is 0 Å². The Morgan fingerprint density at radius 2 is 1.89 bits per heavy atom. The molecule has 0 aliphatic heterocycles. The van der Waals surface area contributed by atoms with E-state index in [1.807, 2.05) is 49.6 Å². The van der Waals surface area contributed by atoms with Crippen LogP contribution in [0, 0.1) is 6.92 Å². The summed E-state index contributed by atoms with van der Waals surface area (Å²) in [7, 11) is 0. The molecule has 0 fully saturated rings. The summed E-state index contributed by atoms with van der Waals surface area (Å²) in [6.07, 6.45) is 3.81. The predicted molar refractivity (Wildman–Crippen MR) is 108 cm³/mol. The Bertz CT molecular complexity index is 1070. The summed E-state index contributed by atoms with van der Waals surface area (Å²) >= 11 is 0. The number of hydrogen-bond acceptors (Lipinski definition) is 4. The van der Waals surface area contributed by atoms with Gasteiger partial charge in [-0.05, 0) is 30.2 Å². The van der Waals surface area contributed by atoms with Gasteiger partial charge in [0.05, 0.1) is 12.1 Å². The number of nitrogens with zero attached hydrogens (tertiary/aromatic N) is 3. The van der Waals surface area contributed by atoms with Gasteiger partial charge in [-0.25, -0.2) is 9.97 Å². The maximum Gasteiger partial charge on any atom is 0.132 e. The maximum absolute atomic E-state index is 9.70. The van der Waals surface area contributed by atoms with E-state index in [4.69, 9.17) is 0 Å². The van der Waals surface area contributed by atoms with Crippen LogP contribution in [0.5, 0.6) is 0 Å². The molecular weight excluding hydrogens is 336 g/mol. The fourth-order valence-corrected chi connectivity index (χ4v) is 3.22. The quantitative estimate of drug-likeness (QED) is 0.549. The van der Waals surface area contributed by atoms with Gasteiger partial charge in [-0.15, -0.1) is 0 Å². The molecule has 5 nitrogen and oxygen atoms in total. The second-order valence-corrected chi connectivity index (χ2v) is 6.62. The van der Waals surface area contributed by atoms with Gasteiger partial charge in [-0.2, -0.15) is 0 Å². The average molecular weight is 358 g/mol. The number of hydrogen-bond donors (Lipinski definition) is 2. The van der Waals surface area contributed by atoms with Crippen LogP contribution in [0.15, 0.2) is 67.0 Å². The van der Waals surface area contributed by atoms with Crippen molar-refractivity contribution in [3.05, 3.63) is 89.5 Å². The van der Waals surface area contributed by atoms with Gasteiger partial charge in [0.2, 0.25) is 0 Å². The second-order valence-electron chi connectivity index (χ2n) is 6.62. The van der Waals surface area contributed by atoms with Crippen molar-refractivity contribution in [2.75, 3.05) is 5.32 Å². The number of anilines is 1. The van der Waals surface area contributed by atoms with Crippen molar-refractivity contribution < 1.29 is 5.11 Å². The summed E-state index contributed by atoms with van der Waals surface area (Å²) in [6, 6.07) is 18.4. The Morgan fingerprint density at radius 1 is 1.04 bits per heavy atom. The molecule has 4 aromatic rings. The summed E-state index contributed by atoms with van der Waals surface area (Å²) < 4.78 is 2.13. The van der Waals surface area contributed by atoms with Crippen LogP contribution in [-0.2, 0) is 19.7 Å². The highest BCUT2D eigenvalue weighted by Crippen LogP contribution is 2.21. The molecule has 2 N–H and O–H groups in total. The van der Waals surface area contributed by atoms with Gasteiger partial charge in [-0.3, -0.25) is 0 Å². The van der Waals surface area contributed by atoms with Crippen molar-refractivity contribution >= 4 is 16.7 Å². The summed E-state index contributed by atoms with van der Waals surface area (Å²) in [5.74, 6) is 1.73. The summed E-state index contributed by atoms with van der Waals surface area (Å²) in [5.41, 5.74) is 4.12. The molecule has 0 aliphatic carbocycles. The maximum atomic E-state index is 9.70. The number of para-hydroxylation sites is 1. The van der Waals surface area contributed by atoms with Crippen molar-refractivity contribution in [1.82, 2.24) is 14.5 Å². The van der Waals surface area contributed by atoms with Gasteiger partial charge >= 0.3 is 0 Å². The molecule has 4 rings (SSSR count). The molecule has 0 spiro atoms. The molecule has 136 valence electrons. The zero-order valence-corrected chi connectivity index (χ0v) is 15.3. The lowest BCUT2D eigenvalue weighted by Gasteiger charge is -2.12. The van der Waals surface area contributed by atoms with Crippen LogP contribution in [0.3, 0.4) is 0 Å². The molecule has 27 heavy (non-hydrogen) atoms. The van der Waals surface area contributed by atoms with Gasteiger partial charge < -0.3 is 15.0 Å². The first-order valence-corrected chi connectivity index (χ1v) is 9.02. The Labute approximate surface area is 158 Å². The van der Waals surface area contributed by atoms with Gasteiger partial charge in [0, 0.05) is 36.4 Å². The first-order valence-electron chi connectivity index (χ1n) is 9.02. The number of fused-ring (bicyclic) bond motifs is 1. The fourth-order valence-electron chi connectivity index (χ4n) is 3.22. The number of aliphatic hydroxyl groups is 1. The second kappa shape index (κ2) is 7.60. The summed E-state index contributed by atoms with van der Waals surface area (Å²) in [4.78, 5) is 8.95. The minimum Gasteiger partial charge on any atom is -0.392 e. The fraction of sp³-hybridized carbons (Fsp3) is 0.182. The lowest BCUT2D eigenvalue weighted by molar-refractivity contribution is 0.282. The number of nitrogens with one attached hydrogen (secondary N) is 1. The van der Waals surface area contributed by atoms with Crippen molar-refractivity contribution in [1.29, 1.82) is 0 Å². The number of rotatable bonds is 6. The van der Waals surface area contributed by atoms with Gasteiger partial charge in [0.25, 0.3) is 0 Å². The first kappa shape index (κ1) is 17.2. The number of aromatic nitrogens is 3. The monoisotopic (exact) mass is 358 g/mol. The summed E-state index contributed by atoms with van der Waals surface area (Å²) in [5, 5.41) is 14.1. The van der Waals surface area contributed by atoms with Crippen LogP contribution >= 0.6 is 0 Å². The van der Waals surface area contributed by atoms with Gasteiger partial charge in [0.1, 0.15) is 11.6 Å². The molecule has 5 heteroatoms. The van der Waals surface area contributed by atoms with E-state index in [0.29, 0.717) is 6.54 Å². The summed E-state index contributed by atoms with van der Waals surface area (Å²) in [6.45, 7) is 3.41. The number of imidazole rings is 1.